The number of para-hydroxylation sites is 1. The molecule has 3 rings (SSSR count). The van der Waals surface area contributed by atoms with Gasteiger partial charge in [0.25, 0.3) is 0 Å². The standard InChI is InChI=1S/C17H19N3O/c21-17(14-7-2-1-3-8-14)19-16-10-5-4-9-15(16)13-20-12-6-11-18-20/h1-2,4-6,9-12,14H,3,7-8,13H2,(H,19,21)/t14-/m1/s1. The van der Waals surface area contributed by atoms with E-state index in [1.165, 1.54) is 0 Å². The number of allylic oxidation sites excluding steroid dienone is 2. The smallest absolute Gasteiger partial charge is 0.227 e. The van der Waals surface area contributed by atoms with Gasteiger partial charge in [0.1, 0.15) is 0 Å². The predicted molar refractivity (Wildman–Crippen MR) is 82.9 cm³/mol. The highest BCUT2D eigenvalue weighted by atomic mass is 16.1. The van der Waals surface area contributed by atoms with Gasteiger partial charge in [0, 0.05) is 24.0 Å². The molecular weight excluding hydrogens is 262 g/mol. The van der Waals surface area contributed by atoms with Crippen molar-refractivity contribution in [1.82, 2.24) is 9.78 Å². The van der Waals surface area contributed by atoms with Crippen molar-refractivity contribution in [2.75, 3.05) is 5.32 Å². The molecular formula is C17H19N3O. The molecule has 1 aromatic heterocycles. The summed E-state index contributed by atoms with van der Waals surface area (Å²) in [5.41, 5.74) is 1.95. The maximum Gasteiger partial charge on any atom is 0.227 e. The van der Waals surface area contributed by atoms with Gasteiger partial charge >= 0.3 is 0 Å². The van der Waals surface area contributed by atoms with E-state index in [9.17, 15) is 4.79 Å². The number of benzene rings is 1. The van der Waals surface area contributed by atoms with E-state index in [1.807, 2.05) is 41.2 Å². The molecule has 2 aromatic rings. The summed E-state index contributed by atoms with van der Waals surface area (Å²) in [5.74, 6) is 0.208. The second kappa shape index (κ2) is 6.39. The first-order chi connectivity index (χ1) is 10.3. The second-order valence-corrected chi connectivity index (χ2v) is 5.33. The van der Waals surface area contributed by atoms with Crippen molar-refractivity contribution >= 4 is 11.6 Å². The Morgan fingerprint density at radius 2 is 2.19 bits per heavy atom. The monoisotopic (exact) mass is 281 g/mol. The third kappa shape index (κ3) is 3.40. The molecule has 1 amide bonds. The number of carbonyl (C=O) groups is 1. The molecule has 1 aliphatic carbocycles. The molecule has 1 atom stereocenters. The molecule has 4 nitrogen and oxygen atoms in total. The number of anilines is 1. The Morgan fingerprint density at radius 3 is 2.95 bits per heavy atom. The number of rotatable bonds is 4. The summed E-state index contributed by atoms with van der Waals surface area (Å²) in [6.45, 7) is 0.661. The van der Waals surface area contributed by atoms with Crippen molar-refractivity contribution < 1.29 is 4.79 Å². The average Bonchev–Trinajstić information content (AvgIpc) is 3.03. The fourth-order valence-corrected chi connectivity index (χ4v) is 2.62. The van der Waals surface area contributed by atoms with Crippen LogP contribution in [0.5, 0.6) is 0 Å². The Balaban J connectivity index is 1.72. The van der Waals surface area contributed by atoms with Gasteiger partial charge < -0.3 is 5.32 Å². The fraction of sp³-hybridized carbons (Fsp3) is 0.294. The van der Waals surface area contributed by atoms with E-state index < -0.39 is 0 Å². The summed E-state index contributed by atoms with van der Waals surface area (Å²) in [6, 6.07) is 9.81. The molecule has 1 aliphatic rings. The van der Waals surface area contributed by atoms with Crippen LogP contribution in [0.1, 0.15) is 24.8 Å². The number of nitrogens with zero attached hydrogens (tertiary/aromatic N) is 2. The van der Waals surface area contributed by atoms with Crippen molar-refractivity contribution in [3.8, 4) is 0 Å². The number of nitrogens with one attached hydrogen (secondary N) is 1. The zero-order valence-electron chi connectivity index (χ0n) is 11.9. The van der Waals surface area contributed by atoms with E-state index in [0.717, 1.165) is 30.5 Å². The maximum absolute atomic E-state index is 12.4. The van der Waals surface area contributed by atoms with Gasteiger partial charge in [0.15, 0.2) is 0 Å². The maximum atomic E-state index is 12.4. The van der Waals surface area contributed by atoms with E-state index in [1.54, 1.807) is 6.20 Å². The zero-order chi connectivity index (χ0) is 14.5. The van der Waals surface area contributed by atoms with Crippen LogP contribution in [0.2, 0.25) is 0 Å². The highest BCUT2D eigenvalue weighted by Crippen LogP contribution is 2.22. The minimum atomic E-state index is 0.0905. The summed E-state index contributed by atoms with van der Waals surface area (Å²) in [5, 5.41) is 7.30. The third-order valence-corrected chi connectivity index (χ3v) is 3.81. The van der Waals surface area contributed by atoms with Crippen LogP contribution in [-0.4, -0.2) is 15.7 Å². The first-order valence-corrected chi connectivity index (χ1v) is 7.34. The van der Waals surface area contributed by atoms with Crippen molar-refractivity contribution in [2.45, 2.75) is 25.8 Å². The summed E-state index contributed by atoms with van der Waals surface area (Å²) in [4.78, 5) is 12.4. The molecule has 4 heteroatoms. The van der Waals surface area contributed by atoms with E-state index >= 15 is 0 Å². The lowest BCUT2D eigenvalue weighted by atomic mass is 9.93. The van der Waals surface area contributed by atoms with Gasteiger partial charge in [-0.05, 0) is 37.0 Å². The minimum Gasteiger partial charge on any atom is -0.326 e. The molecule has 0 fully saturated rings. The lowest BCUT2D eigenvalue weighted by molar-refractivity contribution is -0.120. The molecule has 0 saturated carbocycles. The van der Waals surface area contributed by atoms with Crippen LogP contribution in [0.15, 0.2) is 54.9 Å². The van der Waals surface area contributed by atoms with Crippen LogP contribution in [0.4, 0.5) is 5.69 Å². The van der Waals surface area contributed by atoms with Crippen molar-refractivity contribution in [2.24, 2.45) is 5.92 Å². The quantitative estimate of drug-likeness (QED) is 0.875. The van der Waals surface area contributed by atoms with E-state index in [4.69, 9.17) is 0 Å². The topological polar surface area (TPSA) is 46.9 Å². The number of amides is 1. The molecule has 108 valence electrons. The first kappa shape index (κ1) is 13.6. The zero-order valence-corrected chi connectivity index (χ0v) is 11.9. The molecule has 0 bridgehead atoms. The number of hydrogen-bond donors (Lipinski definition) is 1. The number of hydrogen-bond acceptors (Lipinski definition) is 2. The Bertz CT molecular complexity index is 631. The molecule has 0 radical (unpaired) electrons. The lowest BCUT2D eigenvalue weighted by Crippen LogP contribution is -2.24. The van der Waals surface area contributed by atoms with Crippen LogP contribution in [-0.2, 0) is 11.3 Å². The molecule has 1 aromatic carbocycles. The van der Waals surface area contributed by atoms with Crippen molar-refractivity contribution in [3.63, 3.8) is 0 Å². The first-order valence-electron chi connectivity index (χ1n) is 7.34. The van der Waals surface area contributed by atoms with E-state index in [2.05, 4.69) is 22.6 Å². The Morgan fingerprint density at radius 1 is 1.29 bits per heavy atom. The summed E-state index contributed by atoms with van der Waals surface area (Å²) < 4.78 is 1.86. The lowest BCUT2D eigenvalue weighted by Gasteiger charge is -2.18. The van der Waals surface area contributed by atoms with Gasteiger partial charge in [-0.2, -0.15) is 5.10 Å². The highest BCUT2D eigenvalue weighted by Gasteiger charge is 2.19. The van der Waals surface area contributed by atoms with Gasteiger partial charge in [-0.15, -0.1) is 0 Å². The summed E-state index contributed by atoms with van der Waals surface area (Å²) in [7, 11) is 0. The average molecular weight is 281 g/mol. The van der Waals surface area contributed by atoms with Gasteiger partial charge in [0.05, 0.1) is 6.54 Å². The normalized spacial score (nSPS) is 17.6. The van der Waals surface area contributed by atoms with Crippen LogP contribution >= 0.6 is 0 Å². The molecule has 1 N–H and O–H groups in total. The van der Waals surface area contributed by atoms with Gasteiger partial charge in [-0.25, -0.2) is 0 Å². The number of carbonyl (C=O) groups excluding carboxylic acids is 1. The summed E-state index contributed by atoms with van der Waals surface area (Å²) >= 11 is 0. The SMILES string of the molecule is O=C(Nc1ccccc1Cn1cccn1)[C@@H]1CC=CCC1. The molecule has 0 unspecified atom stereocenters. The van der Waals surface area contributed by atoms with E-state index in [-0.39, 0.29) is 11.8 Å². The summed E-state index contributed by atoms with van der Waals surface area (Å²) in [6.07, 6.45) is 10.7. The molecule has 0 spiro atoms. The third-order valence-electron chi connectivity index (χ3n) is 3.81. The van der Waals surface area contributed by atoms with Crippen LogP contribution in [0, 0.1) is 5.92 Å². The Kier molecular flexibility index (Phi) is 4.15. The van der Waals surface area contributed by atoms with Crippen LogP contribution < -0.4 is 5.32 Å². The van der Waals surface area contributed by atoms with Gasteiger partial charge in [-0.3, -0.25) is 9.48 Å². The largest absolute Gasteiger partial charge is 0.326 e. The second-order valence-electron chi connectivity index (χ2n) is 5.33. The molecule has 21 heavy (non-hydrogen) atoms. The van der Waals surface area contributed by atoms with Gasteiger partial charge in [0.2, 0.25) is 5.91 Å². The highest BCUT2D eigenvalue weighted by molar-refractivity contribution is 5.93. The molecule has 1 heterocycles. The Hall–Kier alpha value is -2.36. The molecule has 0 saturated heterocycles. The predicted octanol–water partition coefficient (Wildman–Crippen LogP) is 3.23. The van der Waals surface area contributed by atoms with Crippen LogP contribution in [0.3, 0.4) is 0 Å². The van der Waals surface area contributed by atoms with Crippen molar-refractivity contribution in [3.05, 3.63) is 60.4 Å². The minimum absolute atomic E-state index is 0.0905. The van der Waals surface area contributed by atoms with Crippen LogP contribution in [0.25, 0.3) is 0 Å². The Labute approximate surface area is 124 Å². The van der Waals surface area contributed by atoms with E-state index in [0.29, 0.717) is 6.54 Å². The molecule has 0 aliphatic heterocycles. The van der Waals surface area contributed by atoms with Gasteiger partial charge in [-0.1, -0.05) is 30.4 Å². The fourth-order valence-electron chi connectivity index (χ4n) is 2.62. The number of aromatic nitrogens is 2. The van der Waals surface area contributed by atoms with Crippen molar-refractivity contribution in [1.29, 1.82) is 0 Å².